The zero-order valence-electron chi connectivity index (χ0n) is 13.9. The second kappa shape index (κ2) is 8.20. The van der Waals surface area contributed by atoms with E-state index in [-0.39, 0.29) is 31.1 Å². The van der Waals surface area contributed by atoms with Gasteiger partial charge in [-0.15, -0.1) is 0 Å². The fourth-order valence-corrected chi connectivity index (χ4v) is 4.19. The minimum Gasteiger partial charge on any atom is -0.383 e. The van der Waals surface area contributed by atoms with Crippen molar-refractivity contribution in [1.82, 2.24) is 9.03 Å². The van der Waals surface area contributed by atoms with E-state index >= 15 is 0 Å². The Hall–Kier alpha value is -1.00. The summed E-state index contributed by atoms with van der Waals surface area (Å²) in [5.41, 5.74) is 1.48. The minimum absolute atomic E-state index is 0.00744. The third-order valence-corrected chi connectivity index (χ3v) is 6.21. The second-order valence-corrected chi connectivity index (χ2v) is 9.04. The number of sulfonamides is 2. The first-order chi connectivity index (χ1) is 10.6. The maximum atomic E-state index is 12.3. The molecule has 1 N–H and O–H groups in total. The molecule has 0 radical (unpaired) electrons. The molecule has 1 aromatic rings. The van der Waals surface area contributed by atoms with Gasteiger partial charge in [0.15, 0.2) is 0 Å². The quantitative estimate of drug-likeness (QED) is 0.688. The lowest BCUT2D eigenvalue weighted by Crippen LogP contribution is -2.39. The van der Waals surface area contributed by atoms with E-state index in [0.29, 0.717) is 5.56 Å². The van der Waals surface area contributed by atoms with Crippen LogP contribution < -0.4 is 4.72 Å². The number of nitrogens with one attached hydrogen (secondary N) is 1. The molecule has 9 heteroatoms. The molecule has 0 atom stereocenters. The number of hydrogen-bond donors (Lipinski definition) is 1. The molecule has 132 valence electrons. The van der Waals surface area contributed by atoms with Gasteiger partial charge in [0.2, 0.25) is 20.0 Å². The highest BCUT2D eigenvalue weighted by molar-refractivity contribution is 7.89. The van der Waals surface area contributed by atoms with E-state index in [1.54, 1.807) is 19.1 Å². The van der Waals surface area contributed by atoms with E-state index in [4.69, 9.17) is 4.74 Å². The Morgan fingerprint density at radius 2 is 1.78 bits per heavy atom. The number of methoxy groups -OCH3 is 1. The molecule has 0 spiro atoms. The van der Waals surface area contributed by atoms with Gasteiger partial charge in [0.25, 0.3) is 0 Å². The topological polar surface area (TPSA) is 92.8 Å². The van der Waals surface area contributed by atoms with Gasteiger partial charge >= 0.3 is 0 Å². The molecular weight excluding hydrogens is 340 g/mol. The van der Waals surface area contributed by atoms with Crippen molar-refractivity contribution in [2.24, 2.45) is 0 Å². The summed E-state index contributed by atoms with van der Waals surface area (Å²) < 4.78 is 56.5. The Morgan fingerprint density at radius 3 is 2.35 bits per heavy atom. The van der Waals surface area contributed by atoms with Gasteiger partial charge in [0.05, 0.1) is 17.8 Å². The van der Waals surface area contributed by atoms with Crippen LogP contribution in [0.5, 0.6) is 0 Å². The summed E-state index contributed by atoms with van der Waals surface area (Å²) in [6.07, 6.45) is 1.09. The van der Waals surface area contributed by atoms with Gasteiger partial charge < -0.3 is 4.74 Å². The first-order valence-corrected chi connectivity index (χ1v) is 10.4. The van der Waals surface area contributed by atoms with Gasteiger partial charge in [-0.25, -0.2) is 21.6 Å². The lowest BCUT2D eigenvalue weighted by Gasteiger charge is -2.19. The lowest BCUT2D eigenvalue weighted by atomic mass is 10.2. The predicted molar refractivity (Wildman–Crippen MR) is 89.4 cm³/mol. The molecule has 1 aromatic carbocycles. The number of nitrogens with zero attached hydrogens (tertiary/aromatic N) is 1. The van der Waals surface area contributed by atoms with Crippen LogP contribution in [0.25, 0.3) is 0 Å². The van der Waals surface area contributed by atoms with Crippen molar-refractivity contribution in [2.75, 3.05) is 39.6 Å². The molecule has 0 amide bonds. The molecular formula is C14H24N2O5S2. The molecule has 0 unspecified atom stereocenters. The summed E-state index contributed by atoms with van der Waals surface area (Å²) in [6.45, 7) is 4.00. The van der Waals surface area contributed by atoms with Gasteiger partial charge in [-0.1, -0.05) is 12.1 Å². The Morgan fingerprint density at radius 1 is 1.13 bits per heavy atom. The smallest absolute Gasteiger partial charge is 0.240 e. The fraction of sp³-hybridized carbons (Fsp3) is 0.571. The zero-order chi connectivity index (χ0) is 17.7. The summed E-state index contributed by atoms with van der Waals surface area (Å²) in [7, 11) is -5.62. The first kappa shape index (κ1) is 20.0. The van der Waals surface area contributed by atoms with Crippen molar-refractivity contribution in [3.05, 3.63) is 29.3 Å². The average molecular weight is 364 g/mol. The lowest BCUT2D eigenvalue weighted by molar-refractivity contribution is 0.179. The Kier molecular flexibility index (Phi) is 7.15. The number of rotatable bonds is 9. The molecule has 0 bridgehead atoms. The summed E-state index contributed by atoms with van der Waals surface area (Å²) in [5, 5.41) is 0. The average Bonchev–Trinajstić information content (AvgIpc) is 2.43. The molecule has 23 heavy (non-hydrogen) atoms. The van der Waals surface area contributed by atoms with Crippen LogP contribution in [0, 0.1) is 13.8 Å². The molecule has 0 aliphatic carbocycles. The van der Waals surface area contributed by atoms with E-state index in [1.165, 1.54) is 11.4 Å². The van der Waals surface area contributed by atoms with Crippen LogP contribution in [0.3, 0.4) is 0 Å². The summed E-state index contributed by atoms with van der Waals surface area (Å²) in [6, 6.07) is 5.17. The normalized spacial score (nSPS) is 12.7. The minimum atomic E-state index is -3.68. The number of hydrogen-bond acceptors (Lipinski definition) is 5. The highest BCUT2D eigenvalue weighted by Crippen LogP contribution is 2.16. The monoisotopic (exact) mass is 364 g/mol. The van der Waals surface area contributed by atoms with Crippen LogP contribution in [0.15, 0.2) is 23.1 Å². The molecule has 0 heterocycles. The van der Waals surface area contributed by atoms with Crippen molar-refractivity contribution in [2.45, 2.75) is 18.7 Å². The van der Waals surface area contributed by atoms with E-state index in [2.05, 4.69) is 4.72 Å². The van der Waals surface area contributed by atoms with Gasteiger partial charge in [0, 0.05) is 26.7 Å². The van der Waals surface area contributed by atoms with Crippen molar-refractivity contribution < 1.29 is 21.6 Å². The Bertz CT molecular complexity index is 730. The van der Waals surface area contributed by atoms with E-state index in [1.807, 2.05) is 13.0 Å². The maximum absolute atomic E-state index is 12.3. The van der Waals surface area contributed by atoms with Crippen molar-refractivity contribution in [3.63, 3.8) is 0 Å². The van der Waals surface area contributed by atoms with Crippen LogP contribution in [0.1, 0.15) is 11.1 Å². The van der Waals surface area contributed by atoms with Crippen LogP contribution in [-0.4, -0.2) is 60.7 Å². The summed E-state index contributed by atoms with van der Waals surface area (Å²) >= 11 is 0. The highest BCUT2D eigenvalue weighted by Gasteiger charge is 2.19. The Balaban J connectivity index is 2.77. The molecule has 0 aliphatic heterocycles. The van der Waals surface area contributed by atoms with Crippen molar-refractivity contribution in [3.8, 4) is 0 Å². The zero-order valence-corrected chi connectivity index (χ0v) is 15.5. The molecule has 0 aliphatic rings. The molecule has 7 nitrogen and oxygen atoms in total. The van der Waals surface area contributed by atoms with Gasteiger partial charge in [-0.3, -0.25) is 0 Å². The predicted octanol–water partition coefficient (Wildman–Crippen LogP) is 0.490. The van der Waals surface area contributed by atoms with Crippen molar-refractivity contribution >= 4 is 20.0 Å². The standard InChI is InChI=1S/C14H24N2O5S2/c1-12-5-6-13(2)14(11-12)23(19,20)15-7-8-16(9-10-21-3)22(4,17)18/h5-6,11,15H,7-10H2,1-4H3. The SMILES string of the molecule is COCCN(CCNS(=O)(=O)c1cc(C)ccc1C)S(C)(=O)=O. The maximum Gasteiger partial charge on any atom is 0.240 e. The summed E-state index contributed by atoms with van der Waals surface area (Å²) in [4.78, 5) is 0.209. The molecule has 0 fully saturated rings. The van der Waals surface area contributed by atoms with Crippen LogP contribution >= 0.6 is 0 Å². The molecule has 0 aromatic heterocycles. The number of ether oxygens (including phenoxy) is 1. The third kappa shape index (κ3) is 6.19. The fourth-order valence-electron chi connectivity index (χ4n) is 2.02. The van der Waals surface area contributed by atoms with E-state index in [9.17, 15) is 16.8 Å². The van der Waals surface area contributed by atoms with E-state index in [0.717, 1.165) is 11.8 Å². The molecule has 1 rings (SSSR count). The van der Waals surface area contributed by atoms with Crippen molar-refractivity contribution in [1.29, 1.82) is 0 Å². The Labute approximate surface area is 138 Å². The molecule has 0 saturated carbocycles. The van der Waals surface area contributed by atoms with Crippen LogP contribution in [-0.2, 0) is 24.8 Å². The molecule has 0 saturated heterocycles. The van der Waals surface area contributed by atoms with Crippen LogP contribution in [0.2, 0.25) is 0 Å². The van der Waals surface area contributed by atoms with Crippen LogP contribution in [0.4, 0.5) is 0 Å². The largest absolute Gasteiger partial charge is 0.383 e. The first-order valence-electron chi connectivity index (χ1n) is 7.09. The third-order valence-electron chi connectivity index (χ3n) is 3.30. The summed E-state index contributed by atoms with van der Waals surface area (Å²) in [5.74, 6) is 0. The second-order valence-electron chi connectivity index (χ2n) is 5.32. The van der Waals surface area contributed by atoms with Gasteiger partial charge in [0.1, 0.15) is 0 Å². The number of benzene rings is 1. The van der Waals surface area contributed by atoms with E-state index < -0.39 is 20.0 Å². The number of aryl methyl sites for hydroxylation is 2. The highest BCUT2D eigenvalue weighted by atomic mass is 32.2. The van der Waals surface area contributed by atoms with Gasteiger partial charge in [-0.2, -0.15) is 4.31 Å². The van der Waals surface area contributed by atoms with Gasteiger partial charge in [-0.05, 0) is 31.0 Å².